The Hall–Kier alpha value is -1.55. The van der Waals surface area contributed by atoms with Crippen molar-refractivity contribution in [2.45, 2.75) is 25.7 Å². The van der Waals surface area contributed by atoms with Crippen LogP contribution in [-0.2, 0) is 11.2 Å². The molecule has 0 atom stereocenters. The minimum atomic E-state index is 0.189. The average molecular weight is 286 g/mol. The van der Waals surface area contributed by atoms with Gasteiger partial charge in [0.2, 0.25) is 0 Å². The molecule has 0 unspecified atom stereocenters. The fourth-order valence-corrected chi connectivity index (χ4v) is 3.92. The number of carbonyl (C=O) groups excluding carboxylic acids is 1. The van der Waals surface area contributed by atoms with Gasteiger partial charge in [0.15, 0.2) is 0 Å². The molecule has 1 aromatic carbocycles. The highest BCUT2D eigenvalue weighted by atomic mass is 16.5. The maximum absolute atomic E-state index is 12.8. The smallest absolute Gasteiger partial charge is 0.324 e. The van der Waals surface area contributed by atoms with Gasteiger partial charge in [0, 0.05) is 31.9 Å². The SMILES string of the molecule is O=C(N1CCC2(CCOC2)CC1)N1CCc2ccccc21. The number of benzene rings is 1. The van der Waals surface area contributed by atoms with Crippen molar-refractivity contribution in [3.05, 3.63) is 29.8 Å². The summed E-state index contributed by atoms with van der Waals surface area (Å²) in [6.07, 6.45) is 4.33. The van der Waals surface area contributed by atoms with Crippen LogP contribution < -0.4 is 4.90 Å². The molecule has 1 spiro atoms. The quantitative estimate of drug-likeness (QED) is 0.734. The number of rotatable bonds is 0. The lowest BCUT2D eigenvalue weighted by molar-refractivity contribution is 0.0932. The van der Waals surface area contributed by atoms with Gasteiger partial charge >= 0.3 is 6.03 Å². The van der Waals surface area contributed by atoms with Crippen LogP contribution in [0, 0.1) is 5.41 Å². The molecule has 4 rings (SSSR count). The lowest BCUT2D eigenvalue weighted by atomic mass is 9.78. The Labute approximate surface area is 125 Å². The zero-order valence-corrected chi connectivity index (χ0v) is 12.4. The van der Waals surface area contributed by atoms with Crippen LogP contribution in [0.1, 0.15) is 24.8 Å². The largest absolute Gasteiger partial charge is 0.381 e. The molecule has 2 fully saturated rings. The summed E-state index contributed by atoms with van der Waals surface area (Å²) in [7, 11) is 0. The van der Waals surface area contributed by atoms with Gasteiger partial charge in [-0.25, -0.2) is 4.79 Å². The lowest BCUT2D eigenvalue weighted by Gasteiger charge is -2.39. The Bertz CT molecular complexity index is 541. The van der Waals surface area contributed by atoms with Gasteiger partial charge in [-0.2, -0.15) is 0 Å². The number of likely N-dealkylation sites (tertiary alicyclic amines) is 1. The fraction of sp³-hybridized carbons (Fsp3) is 0.588. The number of fused-ring (bicyclic) bond motifs is 1. The molecule has 1 aromatic rings. The first-order valence-electron chi connectivity index (χ1n) is 8.00. The molecule has 4 nitrogen and oxygen atoms in total. The second kappa shape index (κ2) is 5.02. The second-order valence-corrected chi connectivity index (χ2v) is 6.60. The summed E-state index contributed by atoms with van der Waals surface area (Å²) in [5, 5.41) is 0. The van der Waals surface area contributed by atoms with E-state index in [1.807, 2.05) is 15.9 Å². The third-order valence-electron chi connectivity index (χ3n) is 5.40. The van der Waals surface area contributed by atoms with Gasteiger partial charge in [-0.05, 0) is 42.7 Å². The molecule has 3 aliphatic rings. The molecule has 0 radical (unpaired) electrons. The zero-order chi connectivity index (χ0) is 14.3. The highest BCUT2D eigenvalue weighted by molar-refractivity contribution is 5.94. The molecule has 2 amide bonds. The number of ether oxygens (including phenoxy) is 1. The Balaban J connectivity index is 1.45. The van der Waals surface area contributed by atoms with Crippen LogP contribution in [0.5, 0.6) is 0 Å². The van der Waals surface area contributed by atoms with E-state index < -0.39 is 0 Å². The van der Waals surface area contributed by atoms with Crippen LogP contribution in [0.3, 0.4) is 0 Å². The summed E-state index contributed by atoms with van der Waals surface area (Å²) in [4.78, 5) is 16.8. The van der Waals surface area contributed by atoms with E-state index in [0.29, 0.717) is 5.41 Å². The molecule has 3 aliphatic heterocycles. The van der Waals surface area contributed by atoms with Gasteiger partial charge in [0.25, 0.3) is 0 Å². The Morgan fingerprint density at radius 1 is 1.10 bits per heavy atom. The lowest BCUT2D eigenvalue weighted by Crippen LogP contribution is -2.49. The maximum Gasteiger partial charge on any atom is 0.324 e. The monoisotopic (exact) mass is 286 g/mol. The topological polar surface area (TPSA) is 32.8 Å². The van der Waals surface area contributed by atoms with Crippen molar-refractivity contribution < 1.29 is 9.53 Å². The van der Waals surface area contributed by atoms with Gasteiger partial charge in [-0.1, -0.05) is 18.2 Å². The third kappa shape index (κ3) is 2.22. The van der Waals surface area contributed by atoms with Crippen molar-refractivity contribution in [3.8, 4) is 0 Å². The van der Waals surface area contributed by atoms with Gasteiger partial charge in [-0.3, -0.25) is 4.90 Å². The number of para-hydroxylation sites is 1. The number of urea groups is 1. The van der Waals surface area contributed by atoms with Crippen molar-refractivity contribution in [3.63, 3.8) is 0 Å². The normalized spacial score (nSPS) is 23.6. The molecule has 0 aromatic heterocycles. The third-order valence-corrected chi connectivity index (χ3v) is 5.40. The van der Waals surface area contributed by atoms with E-state index in [0.717, 1.165) is 57.8 Å². The first kappa shape index (κ1) is 13.1. The molecular formula is C17H22N2O2. The van der Waals surface area contributed by atoms with E-state index in [1.165, 1.54) is 12.0 Å². The second-order valence-electron chi connectivity index (χ2n) is 6.60. The Kier molecular flexibility index (Phi) is 3.14. The minimum Gasteiger partial charge on any atom is -0.381 e. The fourth-order valence-electron chi connectivity index (χ4n) is 3.92. The minimum absolute atomic E-state index is 0.189. The predicted molar refractivity (Wildman–Crippen MR) is 81.6 cm³/mol. The number of nitrogens with zero attached hydrogens (tertiary/aromatic N) is 2. The molecule has 0 saturated carbocycles. The molecule has 21 heavy (non-hydrogen) atoms. The van der Waals surface area contributed by atoms with Gasteiger partial charge in [0.1, 0.15) is 0 Å². The Morgan fingerprint density at radius 3 is 2.67 bits per heavy atom. The van der Waals surface area contributed by atoms with Crippen molar-refractivity contribution >= 4 is 11.7 Å². The van der Waals surface area contributed by atoms with Crippen LogP contribution in [0.4, 0.5) is 10.5 Å². The average Bonchev–Trinajstić information content (AvgIpc) is 3.15. The number of hydrogen-bond acceptors (Lipinski definition) is 2. The van der Waals surface area contributed by atoms with E-state index in [2.05, 4.69) is 18.2 Å². The number of anilines is 1. The van der Waals surface area contributed by atoms with Crippen LogP contribution in [0.15, 0.2) is 24.3 Å². The molecule has 2 saturated heterocycles. The number of amides is 2. The first-order chi connectivity index (χ1) is 10.3. The number of piperidine rings is 1. The zero-order valence-electron chi connectivity index (χ0n) is 12.4. The highest BCUT2D eigenvalue weighted by Crippen LogP contribution is 2.39. The van der Waals surface area contributed by atoms with Crippen LogP contribution in [0.25, 0.3) is 0 Å². The van der Waals surface area contributed by atoms with Gasteiger partial charge < -0.3 is 9.64 Å². The van der Waals surface area contributed by atoms with Crippen LogP contribution >= 0.6 is 0 Å². The van der Waals surface area contributed by atoms with E-state index in [-0.39, 0.29) is 6.03 Å². The molecule has 112 valence electrons. The van der Waals surface area contributed by atoms with Gasteiger partial charge in [-0.15, -0.1) is 0 Å². The summed E-state index contributed by atoms with van der Waals surface area (Å²) in [5.74, 6) is 0. The van der Waals surface area contributed by atoms with Crippen LogP contribution in [0.2, 0.25) is 0 Å². The van der Waals surface area contributed by atoms with Gasteiger partial charge in [0.05, 0.1) is 6.61 Å². The van der Waals surface area contributed by atoms with E-state index in [4.69, 9.17) is 4.74 Å². The van der Waals surface area contributed by atoms with Crippen molar-refractivity contribution in [2.24, 2.45) is 5.41 Å². The molecule has 3 heterocycles. The molecule has 4 heteroatoms. The van der Waals surface area contributed by atoms with E-state index in [1.54, 1.807) is 0 Å². The summed E-state index contributed by atoms with van der Waals surface area (Å²) < 4.78 is 5.57. The van der Waals surface area contributed by atoms with E-state index in [9.17, 15) is 4.79 Å². The molecule has 0 bridgehead atoms. The summed E-state index contributed by atoms with van der Waals surface area (Å²) >= 11 is 0. The predicted octanol–water partition coefficient (Wildman–Crippen LogP) is 2.67. The maximum atomic E-state index is 12.8. The molecule has 0 aliphatic carbocycles. The number of carbonyl (C=O) groups is 1. The highest BCUT2D eigenvalue weighted by Gasteiger charge is 2.40. The molecular weight excluding hydrogens is 264 g/mol. The molecule has 0 N–H and O–H groups in total. The Morgan fingerprint density at radius 2 is 1.90 bits per heavy atom. The van der Waals surface area contributed by atoms with Crippen molar-refractivity contribution in [2.75, 3.05) is 37.7 Å². The summed E-state index contributed by atoms with van der Waals surface area (Å²) in [5.41, 5.74) is 2.76. The summed E-state index contributed by atoms with van der Waals surface area (Å²) in [6.45, 7) is 4.36. The summed E-state index contributed by atoms with van der Waals surface area (Å²) in [6, 6.07) is 8.46. The van der Waals surface area contributed by atoms with Crippen LogP contribution in [-0.4, -0.2) is 43.8 Å². The van der Waals surface area contributed by atoms with Crippen molar-refractivity contribution in [1.29, 1.82) is 0 Å². The van der Waals surface area contributed by atoms with E-state index >= 15 is 0 Å². The first-order valence-corrected chi connectivity index (χ1v) is 8.00. The number of hydrogen-bond donors (Lipinski definition) is 0. The van der Waals surface area contributed by atoms with Crippen molar-refractivity contribution in [1.82, 2.24) is 4.90 Å². The standard InChI is InChI=1S/C17H22N2O2/c20-16(19-9-5-14-3-1-2-4-15(14)19)18-10-6-17(7-11-18)8-12-21-13-17/h1-4H,5-13H2.